The number of para-hydroxylation sites is 1. The first-order valence-corrected chi connectivity index (χ1v) is 7.91. The van der Waals surface area contributed by atoms with Crippen LogP contribution < -0.4 is 4.90 Å². The monoisotopic (exact) mass is 371 g/mol. The topological polar surface area (TPSA) is 3.24 Å². The molecule has 1 aliphatic heterocycles. The van der Waals surface area contributed by atoms with Crippen molar-refractivity contribution in [1.82, 2.24) is 0 Å². The Hall–Kier alpha value is -1.55. The molecule has 0 bridgehead atoms. The first-order chi connectivity index (χ1) is 9.84. The summed E-state index contributed by atoms with van der Waals surface area (Å²) in [6.07, 6.45) is 8.95. The average Bonchev–Trinajstić information content (AvgIpc) is 2.81. The lowest BCUT2D eigenvalue weighted by atomic mass is 9.91. The van der Waals surface area contributed by atoms with Crippen LogP contribution in [0.2, 0.25) is 0 Å². The van der Waals surface area contributed by atoms with Gasteiger partial charge in [-0.25, -0.2) is 0 Å². The van der Waals surface area contributed by atoms with Gasteiger partial charge in [0.05, 0.1) is 6.04 Å². The molecule has 2 atom stereocenters. The van der Waals surface area contributed by atoms with E-state index in [-0.39, 0.29) is 0 Å². The van der Waals surface area contributed by atoms with E-state index >= 15 is 0 Å². The van der Waals surface area contributed by atoms with E-state index in [4.69, 9.17) is 0 Å². The summed E-state index contributed by atoms with van der Waals surface area (Å²) in [7, 11) is 0. The molecule has 20 heavy (non-hydrogen) atoms. The molecular formula is C18H14IN. The van der Waals surface area contributed by atoms with Crippen molar-refractivity contribution >= 4 is 34.0 Å². The van der Waals surface area contributed by atoms with E-state index in [2.05, 4.69) is 100 Å². The molecule has 0 N–H and O–H groups in total. The predicted octanol–water partition coefficient (Wildman–Crippen LogP) is 5.02. The maximum Gasteiger partial charge on any atom is 0.0629 e. The third kappa shape index (κ3) is 1.82. The quantitative estimate of drug-likeness (QED) is 0.637. The third-order valence-corrected chi connectivity index (χ3v) is 4.72. The Balaban J connectivity index is 1.92. The zero-order valence-electron chi connectivity index (χ0n) is 10.9. The fraction of sp³-hybridized carbons (Fsp3) is 0.111. The number of nitrogens with zero attached hydrogens (tertiary/aromatic N) is 1. The van der Waals surface area contributed by atoms with Crippen LogP contribution >= 0.6 is 22.6 Å². The van der Waals surface area contributed by atoms with E-state index < -0.39 is 0 Å². The molecule has 1 nitrogen and oxygen atoms in total. The van der Waals surface area contributed by atoms with Gasteiger partial charge in [0, 0.05) is 20.9 Å². The molecule has 0 radical (unpaired) electrons. The summed E-state index contributed by atoms with van der Waals surface area (Å²) in [5, 5.41) is 0. The first kappa shape index (κ1) is 12.2. The summed E-state index contributed by atoms with van der Waals surface area (Å²) in [4.78, 5) is 2.46. The van der Waals surface area contributed by atoms with Gasteiger partial charge in [-0.3, -0.25) is 0 Å². The van der Waals surface area contributed by atoms with Crippen molar-refractivity contribution < 1.29 is 0 Å². The number of anilines is 2. The van der Waals surface area contributed by atoms with Gasteiger partial charge in [0.2, 0.25) is 0 Å². The highest BCUT2D eigenvalue weighted by Crippen LogP contribution is 2.47. The van der Waals surface area contributed by atoms with E-state index in [1.165, 1.54) is 20.5 Å². The van der Waals surface area contributed by atoms with Crippen molar-refractivity contribution in [3.8, 4) is 0 Å². The molecule has 2 heteroatoms. The van der Waals surface area contributed by atoms with Crippen LogP contribution in [-0.4, -0.2) is 6.04 Å². The van der Waals surface area contributed by atoms with Crippen LogP contribution in [0.5, 0.6) is 0 Å². The van der Waals surface area contributed by atoms with Crippen LogP contribution in [0.4, 0.5) is 11.4 Å². The first-order valence-electron chi connectivity index (χ1n) is 6.83. The molecule has 2 unspecified atom stereocenters. The molecule has 4 rings (SSSR count). The number of fused-ring (bicyclic) bond motifs is 3. The summed E-state index contributed by atoms with van der Waals surface area (Å²) >= 11 is 2.39. The van der Waals surface area contributed by atoms with Gasteiger partial charge in [0.1, 0.15) is 0 Å². The second-order valence-electron chi connectivity index (χ2n) is 5.19. The fourth-order valence-electron chi connectivity index (χ4n) is 3.20. The smallest absolute Gasteiger partial charge is 0.0629 e. The molecule has 2 aromatic rings. The van der Waals surface area contributed by atoms with Gasteiger partial charge in [-0.1, -0.05) is 48.6 Å². The number of hydrogen-bond acceptors (Lipinski definition) is 1. The molecule has 0 fully saturated rings. The molecule has 0 spiro atoms. The standard InChI is InChI=1S/C18H14IN/c19-13-10-11-16-15-8-4-5-9-17(15)20(18(16)12-13)14-6-2-1-3-7-14/h1-12,15,17H. The van der Waals surface area contributed by atoms with Crippen molar-refractivity contribution in [2.75, 3.05) is 4.90 Å². The highest BCUT2D eigenvalue weighted by atomic mass is 127. The van der Waals surface area contributed by atoms with Gasteiger partial charge in [-0.2, -0.15) is 0 Å². The highest BCUT2D eigenvalue weighted by molar-refractivity contribution is 14.1. The molecule has 0 aromatic heterocycles. The summed E-state index contributed by atoms with van der Waals surface area (Å²) in [6, 6.07) is 17.9. The van der Waals surface area contributed by atoms with Crippen molar-refractivity contribution in [3.05, 3.63) is 82.0 Å². The molecule has 2 aliphatic rings. The number of benzene rings is 2. The Labute approximate surface area is 132 Å². The Kier molecular flexibility index (Phi) is 2.91. The van der Waals surface area contributed by atoms with Crippen molar-refractivity contribution in [2.24, 2.45) is 0 Å². The Morgan fingerprint density at radius 2 is 1.70 bits per heavy atom. The zero-order valence-corrected chi connectivity index (χ0v) is 13.1. The lowest BCUT2D eigenvalue weighted by Gasteiger charge is -2.28. The van der Waals surface area contributed by atoms with Gasteiger partial charge >= 0.3 is 0 Å². The van der Waals surface area contributed by atoms with Crippen LogP contribution in [0.3, 0.4) is 0 Å². The second kappa shape index (κ2) is 4.77. The molecule has 0 saturated heterocycles. The van der Waals surface area contributed by atoms with Gasteiger partial charge in [-0.15, -0.1) is 0 Å². The minimum Gasteiger partial charge on any atom is -0.333 e. The van der Waals surface area contributed by atoms with Gasteiger partial charge in [0.15, 0.2) is 0 Å². The van der Waals surface area contributed by atoms with E-state index in [1.807, 2.05) is 0 Å². The third-order valence-electron chi connectivity index (χ3n) is 4.05. The Morgan fingerprint density at radius 3 is 2.55 bits per heavy atom. The number of allylic oxidation sites excluding steroid dienone is 2. The van der Waals surface area contributed by atoms with Crippen molar-refractivity contribution in [2.45, 2.75) is 12.0 Å². The average molecular weight is 371 g/mol. The zero-order chi connectivity index (χ0) is 13.5. The largest absolute Gasteiger partial charge is 0.333 e. The summed E-state index contributed by atoms with van der Waals surface area (Å²) in [5.74, 6) is 0.465. The van der Waals surface area contributed by atoms with Crippen LogP contribution in [0.15, 0.2) is 72.8 Å². The molecule has 98 valence electrons. The molecule has 1 heterocycles. The molecule has 0 amide bonds. The predicted molar refractivity (Wildman–Crippen MR) is 92.5 cm³/mol. The molecule has 1 aliphatic carbocycles. The lowest BCUT2D eigenvalue weighted by molar-refractivity contribution is 0.745. The Bertz CT molecular complexity index is 703. The summed E-state index contributed by atoms with van der Waals surface area (Å²) in [6.45, 7) is 0. The van der Waals surface area contributed by atoms with Gasteiger partial charge < -0.3 is 4.90 Å². The van der Waals surface area contributed by atoms with E-state index in [0.717, 1.165) is 0 Å². The van der Waals surface area contributed by atoms with Crippen LogP contribution in [0.25, 0.3) is 0 Å². The SMILES string of the molecule is Ic1ccc2c(c1)N(c1ccccc1)C1C=CC=CC21. The normalized spacial score (nSPS) is 22.8. The van der Waals surface area contributed by atoms with Crippen molar-refractivity contribution in [3.63, 3.8) is 0 Å². The summed E-state index contributed by atoms with van der Waals surface area (Å²) < 4.78 is 1.29. The number of hydrogen-bond donors (Lipinski definition) is 0. The molecule has 2 aromatic carbocycles. The van der Waals surface area contributed by atoms with Crippen LogP contribution in [0, 0.1) is 3.57 Å². The maximum absolute atomic E-state index is 2.46. The Morgan fingerprint density at radius 1 is 0.900 bits per heavy atom. The second-order valence-corrected chi connectivity index (χ2v) is 6.44. The molecule has 0 saturated carbocycles. The maximum atomic E-state index is 2.46. The minimum atomic E-state index is 0.399. The highest BCUT2D eigenvalue weighted by Gasteiger charge is 2.37. The van der Waals surface area contributed by atoms with E-state index in [1.54, 1.807) is 0 Å². The number of halogens is 1. The number of rotatable bonds is 1. The minimum absolute atomic E-state index is 0.399. The van der Waals surface area contributed by atoms with Crippen LogP contribution in [0.1, 0.15) is 11.5 Å². The van der Waals surface area contributed by atoms with Gasteiger partial charge in [0.25, 0.3) is 0 Å². The summed E-state index contributed by atoms with van der Waals surface area (Å²) in [5.41, 5.74) is 4.04. The van der Waals surface area contributed by atoms with Crippen molar-refractivity contribution in [1.29, 1.82) is 0 Å². The van der Waals surface area contributed by atoms with Gasteiger partial charge in [-0.05, 0) is 52.4 Å². The fourth-order valence-corrected chi connectivity index (χ4v) is 3.67. The molecular weight excluding hydrogens is 357 g/mol. The van der Waals surface area contributed by atoms with Crippen LogP contribution in [-0.2, 0) is 0 Å². The lowest BCUT2D eigenvalue weighted by Crippen LogP contribution is -2.28. The van der Waals surface area contributed by atoms with E-state index in [0.29, 0.717) is 12.0 Å². The van der Waals surface area contributed by atoms with E-state index in [9.17, 15) is 0 Å².